The Morgan fingerprint density at radius 3 is 2.88 bits per heavy atom. The first kappa shape index (κ1) is 12.4. The highest BCUT2D eigenvalue weighted by atomic mass is 15.1. The van der Waals surface area contributed by atoms with Crippen molar-refractivity contribution in [3.8, 4) is 0 Å². The minimum Gasteiger partial charge on any atom is -0.371 e. The zero-order valence-electron chi connectivity index (χ0n) is 10.9. The molecule has 0 aliphatic carbocycles. The maximum absolute atomic E-state index is 6.15. The molecule has 1 aliphatic heterocycles. The van der Waals surface area contributed by atoms with Gasteiger partial charge >= 0.3 is 0 Å². The third-order valence-electron chi connectivity index (χ3n) is 3.42. The Bertz CT molecular complexity index is 362. The first-order valence-electron chi connectivity index (χ1n) is 6.42. The Hall–Kier alpha value is -1.06. The molecule has 1 aliphatic rings. The highest BCUT2D eigenvalue weighted by Crippen LogP contribution is 2.31. The normalized spacial score (nSPS) is 19.5. The van der Waals surface area contributed by atoms with Crippen LogP contribution in [0.4, 0.5) is 5.69 Å². The molecular formula is C14H23N3. The van der Waals surface area contributed by atoms with Gasteiger partial charge in [0.1, 0.15) is 0 Å². The van der Waals surface area contributed by atoms with Crippen molar-refractivity contribution in [3.05, 3.63) is 29.8 Å². The minimum atomic E-state index is 0.219. The number of rotatable bonds is 4. The second kappa shape index (κ2) is 5.52. The van der Waals surface area contributed by atoms with E-state index in [1.807, 2.05) is 0 Å². The van der Waals surface area contributed by atoms with Gasteiger partial charge in [0.25, 0.3) is 0 Å². The fourth-order valence-corrected chi connectivity index (χ4v) is 2.47. The van der Waals surface area contributed by atoms with Crippen molar-refractivity contribution in [2.24, 2.45) is 5.73 Å². The van der Waals surface area contributed by atoms with Gasteiger partial charge in [0.15, 0.2) is 0 Å². The fraction of sp³-hybridized carbons (Fsp3) is 0.571. The second-order valence-electron chi connectivity index (χ2n) is 5.10. The van der Waals surface area contributed by atoms with Crippen molar-refractivity contribution in [2.45, 2.75) is 18.9 Å². The van der Waals surface area contributed by atoms with E-state index < -0.39 is 0 Å². The van der Waals surface area contributed by atoms with E-state index in [2.05, 4.69) is 48.2 Å². The second-order valence-corrected chi connectivity index (χ2v) is 5.10. The first-order chi connectivity index (χ1) is 8.18. The van der Waals surface area contributed by atoms with Crippen LogP contribution in [0.5, 0.6) is 0 Å². The Morgan fingerprint density at radius 1 is 1.35 bits per heavy atom. The van der Waals surface area contributed by atoms with Crippen molar-refractivity contribution in [1.29, 1.82) is 0 Å². The fourth-order valence-electron chi connectivity index (χ4n) is 2.47. The van der Waals surface area contributed by atoms with E-state index in [1.165, 1.54) is 17.7 Å². The van der Waals surface area contributed by atoms with Crippen LogP contribution >= 0.6 is 0 Å². The van der Waals surface area contributed by atoms with E-state index in [1.54, 1.807) is 0 Å². The minimum absolute atomic E-state index is 0.219. The topological polar surface area (TPSA) is 32.5 Å². The number of hydrogen-bond donors (Lipinski definition) is 1. The zero-order chi connectivity index (χ0) is 12.3. The number of nitrogens with two attached hydrogens (primary N) is 1. The van der Waals surface area contributed by atoms with Crippen molar-refractivity contribution in [2.75, 3.05) is 38.6 Å². The SMILES string of the molecule is CN(C)CCCN1CCC(N)c2ccccc21. The number of nitrogens with zero attached hydrogens (tertiary/aromatic N) is 2. The van der Waals surface area contributed by atoms with Crippen LogP contribution in [-0.2, 0) is 0 Å². The maximum Gasteiger partial charge on any atom is 0.0414 e. The zero-order valence-corrected chi connectivity index (χ0v) is 10.9. The molecule has 2 rings (SSSR count). The number of hydrogen-bond acceptors (Lipinski definition) is 3. The largest absolute Gasteiger partial charge is 0.371 e. The molecule has 0 aromatic heterocycles. The van der Waals surface area contributed by atoms with Gasteiger partial charge in [-0.2, -0.15) is 0 Å². The van der Waals surface area contributed by atoms with Crippen molar-refractivity contribution in [1.82, 2.24) is 4.90 Å². The lowest BCUT2D eigenvalue weighted by Gasteiger charge is -2.34. The van der Waals surface area contributed by atoms with E-state index in [-0.39, 0.29) is 6.04 Å². The van der Waals surface area contributed by atoms with Crippen LogP contribution in [0, 0.1) is 0 Å². The summed E-state index contributed by atoms with van der Waals surface area (Å²) in [7, 11) is 4.25. The molecule has 1 heterocycles. The van der Waals surface area contributed by atoms with Crippen molar-refractivity contribution >= 4 is 5.69 Å². The van der Waals surface area contributed by atoms with Gasteiger partial charge in [0.2, 0.25) is 0 Å². The molecule has 1 aromatic rings. The van der Waals surface area contributed by atoms with Crippen LogP contribution in [0.15, 0.2) is 24.3 Å². The molecule has 3 heteroatoms. The van der Waals surface area contributed by atoms with Gasteiger partial charge in [-0.3, -0.25) is 0 Å². The Morgan fingerprint density at radius 2 is 2.12 bits per heavy atom. The quantitative estimate of drug-likeness (QED) is 0.861. The summed E-state index contributed by atoms with van der Waals surface area (Å²) in [5, 5.41) is 0. The molecule has 1 atom stereocenters. The van der Waals surface area contributed by atoms with Crippen LogP contribution in [0.2, 0.25) is 0 Å². The molecule has 3 nitrogen and oxygen atoms in total. The standard InChI is InChI=1S/C14H23N3/c1-16(2)9-5-10-17-11-8-13(15)12-6-3-4-7-14(12)17/h3-4,6-7,13H,5,8-11,15H2,1-2H3. The van der Waals surface area contributed by atoms with Crippen LogP contribution in [0.3, 0.4) is 0 Å². The molecule has 94 valence electrons. The Labute approximate surface area is 104 Å². The molecule has 17 heavy (non-hydrogen) atoms. The molecule has 1 aromatic carbocycles. The molecule has 0 fully saturated rings. The summed E-state index contributed by atoms with van der Waals surface area (Å²) < 4.78 is 0. The van der Waals surface area contributed by atoms with Crippen LogP contribution in [-0.4, -0.2) is 38.6 Å². The van der Waals surface area contributed by atoms with Gasteiger partial charge in [-0.15, -0.1) is 0 Å². The number of fused-ring (bicyclic) bond motifs is 1. The van der Waals surface area contributed by atoms with Gasteiger partial charge < -0.3 is 15.5 Å². The molecule has 2 N–H and O–H groups in total. The summed E-state index contributed by atoms with van der Waals surface area (Å²) in [6, 6.07) is 8.77. The smallest absolute Gasteiger partial charge is 0.0414 e. The highest BCUT2D eigenvalue weighted by molar-refractivity contribution is 5.56. The third-order valence-corrected chi connectivity index (χ3v) is 3.42. The Balaban J connectivity index is 2.03. The van der Waals surface area contributed by atoms with E-state index in [0.717, 1.165) is 26.1 Å². The van der Waals surface area contributed by atoms with E-state index >= 15 is 0 Å². The summed E-state index contributed by atoms with van der Waals surface area (Å²) in [5.41, 5.74) is 8.80. The summed E-state index contributed by atoms with van der Waals surface area (Å²) in [6.45, 7) is 3.36. The molecule has 0 amide bonds. The monoisotopic (exact) mass is 233 g/mol. The van der Waals surface area contributed by atoms with Crippen LogP contribution in [0.25, 0.3) is 0 Å². The molecule has 0 radical (unpaired) electrons. The van der Waals surface area contributed by atoms with Gasteiger partial charge in [-0.1, -0.05) is 18.2 Å². The van der Waals surface area contributed by atoms with Crippen molar-refractivity contribution < 1.29 is 0 Å². The first-order valence-corrected chi connectivity index (χ1v) is 6.42. The van der Waals surface area contributed by atoms with Gasteiger partial charge in [-0.05, 0) is 45.1 Å². The average molecular weight is 233 g/mol. The third kappa shape index (κ3) is 2.99. The predicted molar refractivity (Wildman–Crippen MR) is 73.4 cm³/mol. The average Bonchev–Trinajstić information content (AvgIpc) is 2.32. The number of anilines is 1. The number of benzene rings is 1. The summed E-state index contributed by atoms with van der Waals surface area (Å²) in [5.74, 6) is 0. The van der Waals surface area contributed by atoms with Gasteiger partial charge in [-0.25, -0.2) is 0 Å². The Kier molecular flexibility index (Phi) is 4.02. The predicted octanol–water partition coefficient (Wildman–Crippen LogP) is 1.85. The van der Waals surface area contributed by atoms with E-state index in [9.17, 15) is 0 Å². The van der Waals surface area contributed by atoms with Crippen LogP contribution < -0.4 is 10.6 Å². The van der Waals surface area contributed by atoms with Crippen molar-refractivity contribution in [3.63, 3.8) is 0 Å². The molecule has 1 unspecified atom stereocenters. The van der Waals surface area contributed by atoms with E-state index in [0.29, 0.717) is 0 Å². The molecular weight excluding hydrogens is 210 g/mol. The lowest BCUT2D eigenvalue weighted by Crippen LogP contribution is -2.35. The van der Waals surface area contributed by atoms with Gasteiger partial charge in [0, 0.05) is 24.8 Å². The maximum atomic E-state index is 6.15. The molecule has 0 bridgehead atoms. The van der Waals surface area contributed by atoms with E-state index in [4.69, 9.17) is 5.73 Å². The summed E-state index contributed by atoms with van der Waals surface area (Å²) >= 11 is 0. The lowest BCUT2D eigenvalue weighted by molar-refractivity contribution is 0.398. The number of para-hydroxylation sites is 1. The van der Waals surface area contributed by atoms with Gasteiger partial charge in [0.05, 0.1) is 0 Å². The van der Waals surface area contributed by atoms with Crippen LogP contribution in [0.1, 0.15) is 24.4 Å². The highest BCUT2D eigenvalue weighted by Gasteiger charge is 2.21. The molecule has 0 saturated heterocycles. The lowest BCUT2D eigenvalue weighted by atomic mass is 9.97. The molecule has 0 spiro atoms. The summed E-state index contributed by atoms with van der Waals surface area (Å²) in [4.78, 5) is 4.71. The summed E-state index contributed by atoms with van der Waals surface area (Å²) in [6.07, 6.45) is 2.27. The molecule has 0 saturated carbocycles.